The van der Waals surface area contributed by atoms with Crippen molar-refractivity contribution in [2.75, 3.05) is 33.3 Å². The summed E-state index contributed by atoms with van der Waals surface area (Å²) in [5, 5.41) is 5.44. The fourth-order valence-corrected chi connectivity index (χ4v) is 2.23. The number of thiazole rings is 1. The number of hydrogen-bond donors (Lipinski definition) is 1. The lowest BCUT2D eigenvalue weighted by Gasteiger charge is -2.30. The number of hydrogen-bond acceptors (Lipinski definition) is 5. The molecule has 0 aliphatic carbocycles. The number of rotatable bonds is 4. The van der Waals surface area contributed by atoms with E-state index in [1.54, 1.807) is 11.3 Å². The minimum atomic E-state index is 0.322. The Morgan fingerprint density at radius 1 is 1.73 bits per heavy atom. The van der Waals surface area contributed by atoms with Crippen LogP contribution in [0.15, 0.2) is 10.9 Å². The molecule has 1 aromatic heterocycles. The number of aromatic nitrogens is 1. The Bertz CT molecular complexity index is 278. The third kappa shape index (κ3) is 3.53. The van der Waals surface area contributed by atoms with E-state index in [4.69, 9.17) is 4.74 Å². The van der Waals surface area contributed by atoms with Gasteiger partial charge in [-0.3, -0.25) is 0 Å². The topological polar surface area (TPSA) is 37.4 Å². The van der Waals surface area contributed by atoms with Crippen molar-refractivity contribution in [1.29, 1.82) is 0 Å². The molecule has 1 aliphatic rings. The van der Waals surface area contributed by atoms with Gasteiger partial charge >= 0.3 is 0 Å². The van der Waals surface area contributed by atoms with Crippen LogP contribution in [0.1, 0.15) is 5.69 Å². The summed E-state index contributed by atoms with van der Waals surface area (Å²) < 4.78 is 5.65. The first-order valence-electron chi connectivity index (χ1n) is 5.22. The summed E-state index contributed by atoms with van der Waals surface area (Å²) in [6.07, 6.45) is 0.322. The molecule has 4 nitrogen and oxygen atoms in total. The summed E-state index contributed by atoms with van der Waals surface area (Å²) in [7, 11) is 2.13. The summed E-state index contributed by atoms with van der Waals surface area (Å²) in [4.78, 5) is 6.52. The molecule has 0 saturated carbocycles. The smallest absolute Gasteiger partial charge is 0.0826 e. The predicted molar refractivity (Wildman–Crippen MR) is 61.1 cm³/mol. The van der Waals surface area contributed by atoms with E-state index in [0.717, 1.165) is 38.5 Å². The minimum absolute atomic E-state index is 0.322. The summed E-state index contributed by atoms with van der Waals surface area (Å²) in [6, 6.07) is 0. The highest BCUT2D eigenvalue weighted by Gasteiger charge is 2.16. The zero-order chi connectivity index (χ0) is 10.5. The van der Waals surface area contributed by atoms with Gasteiger partial charge in [0.25, 0.3) is 0 Å². The molecule has 1 N–H and O–H groups in total. The van der Waals surface area contributed by atoms with Gasteiger partial charge in [-0.1, -0.05) is 0 Å². The number of ether oxygens (including phenoxy) is 1. The average molecular weight is 227 g/mol. The van der Waals surface area contributed by atoms with Crippen LogP contribution >= 0.6 is 11.3 Å². The molecule has 0 amide bonds. The molecule has 1 aromatic rings. The molecule has 1 fully saturated rings. The largest absolute Gasteiger partial charge is 0.374 e. The first kappa shape index (κ1) is 11.0. The number of nitrogens with zero attached hydrogens (tertiary/aromatic N) is 2. The van der Waals surface area contributed by atoms with Crippen molar-refractivity contribution in [1.82, 2.24) is 15.2 Å². The molecule has 5 heteroatoms. The Morgan fingerprint density at radius 2 is 2.67 bits per heavy atom. The Labute approximate surface area is 94.3 Å². The molecule has 2 rings (SSSR count). The Balaban J connectivity index is 1.65. The van der Waals surface area contributed by atoms with Crippen molar-refractivity contribution in [3.63, 3.8) is 0 Å². The van der Waals surface area contributed by atoms with Crippen molar-refractivity contribution in [2.24, 2.45) is 0 Å². The van der Waals surface area contributed by atoms with E-state index in [1.165, 1.54) is 0 Å². The normalized spacial score (nSPS) is 23.1. The molecule has 15 heavy (non-hydrogen) atoms. The molecule has 1 aliphatic heterocycles. The van der Waals surface area contributed by atoms with Crippen LogP contribution in [-0.4, -0.2) is 49.3 Å². The van der Waals surface area contributed by atoms with Crippen molar-refractivity contribution in [3.05, 3.63) is 16.6 Å². The fourth-order valence-electron chi connectivity index (χ4n) is 1.68. The second-order valence-corrected chi connectivity index (χ2v) is 4.58. The Morgan fingerprint density at radius 3 is 3.40 bits per heavy atom. The maximum Gasteiger partial charge on any atom is 0.0826 e. The molecular formula is C10H17N3OS. The van der Waals surface area contributed by atoms with Crippen LogP contribution in [-0.2, 0) is 11.3 Å². The zero-order valence-corrected chi connectivity index (χ0v) is 9.80. The van der Waals surface area contributed by atoms with Crippen LogP contribution < -0.4 is 5.32 Å². The summed E-state index contributed by atoms with van der Waals surface area (Å²) >= 11 is 1.64. The molecule has 1 atom stereocenters. The second kappa shape index (κ2) is 5.55. The first-order chi connectivity index (χ1) is 7.34. The van der Waals surface area contributed by atoms with E-state index in [0.29, 0.717) is 6.10 Å². The molecule has 0 radical (unpaired) electrons. The third-order valence-electron chi connectivity index (χ3n) is 2.50. The van der Waals surface area contributed by atoms with Gasteiger partial charge < -0.3 is 15.0 Å². The standard InChI is InChI=1S/C10H17N3OS/c1-13-2-3-14-10(6-13)5-11-4-9-7-15-8-12-9/h7-8,10-11H,2-6H2,1H3/t10-/m1/s1. The van der Waals surface area contributed by atoms with E-state index in [9.17, 15) is 0 Å². The molecule has 84 valence electrons. The molecule has 0 aromatic carbocycles. The van der Waals surface area contributed by atoms with Gasteiger partial charge in [-0.25, -0.2) is 4.98 Å². The van der Waals surface area contributed by atoms with E-state index >= 15 is 0 Å². The van der Waals surface area contributed by atoms with Gasteiger partial charge in [0.15, 0.2) is 0 Å². The molecular weight excluding hydrogens is 210 g/mol. The van der Waals surface area contributed by atoms with Gasteiger partial charge in [-0.05, 0) is 7.05 Å². The van der Waals surface area contributed by atoms with Gasteiger partial charge in [0.05, 0.1) is 23.9 Å². The van der Waals surface area contributed by atoms with Crippen molar-refractivity contribution in [3.8, 4) is 0 Å². The third-order valence-corrected chi connectivity index (χ3v) is 3.14. The monoisotopic (exact) mass is 227 g/mol. The Kier molecular flexibility index (Phi) is 4.08. The van der Waals surface area contributed by atoms with Crippen molar-refractivity contribution < 1.29 is 4.74 Å². The average Bonchev–Trinajstić information content (AvgIpc) is 2.71. The minimum Gasteiger partial charge on any atom is -0.374 e. The predicted octanol–water partition coefficient (Wildman–Crippen LogP) is 0.563. The lowest BCUT2D eigenvalue weighted by Crippen LogP contribution is -2.44. The van der Waals surface area contributed by atoms with Gasteiger partial charge in [-0.2, -0.15) is 0 Å². The fraction of sp³-hybridized carbons (Fsp3) is 0.700. The van der Waals surface area contributed by atoms with Crippen LogP contribution in [0.3, 0.4) is 0 Å². The van der Waals surface area contributed by atoms with Crippen LogP contribution in [0.25, 0.3) is 0 Å². The maximum absolute atomic E-state index is 5.65. The number of likely N-dealkylation sites (N-methyl/N-ethyl adjacent to an activating group) is 1. The van der Waals surface area contributed by atoms with Crippen molar-refractivity contribution in [2.45, 2.75) is 12.6 Å². The summed E-state index contributed by atoms with van der Waals surface area (Å²) in [5.74, 6) is 0. The lowest BCUT2D eigenvalue weighted by molar-refractivity contribution is -0.0182. The highest BCUT2D eigenvalue weighted by atomic mass is 32.1. The van der Waals surface area contributed by atoms with Crippen LogP contribution in [0.2, 0.25) is 0 Å². The summed E-state index contributed by atoms with van der Waals surface area (Å²) in [6.45, 7) is 4.65. The van der Waals surface area contributed by atoms with Gasteiger partial charge in [0, 0.05) is 31.6 Å². The molecule has 0 bridgehead atoms. The molecule has 0 unspecified atom stereocenters. The van der Waals surface area contributed by atoms with Crippen LogP contribution in [0.5, 0.6) is 0 Å². The van der Waals surface area contributed by atoms with E-state index in [1.807, 2.05) is 5.51 Å². The number of morpholine rings is 1. The van der Waals surface area contributed by atoms with E-state index in [2.05, 4.69) is 27.6 Å². The Hall–Kier alpha value is -0.490. The zero-order valence-electron chi connectivity index (χ0n) is 8.98. The highest BCUT2D eigenvalue weighted by Crippen LogP contribution is 2.03. The lowest BCUT2D eigenvalue weighted by atomic mass is 10.3. The van der Waals surface area contributed by atoms with E-state index in [-0.39, 0.29) is 0 Å². The quantitative estimate of drug-likeness (QED) is 0.816. The summed E-state index contributed by atoms with van der Waals surface area (Å²) in [5.41, 5.74) is 2.98. The molecule has 1 saturated heterocycles. The highest BCUT2D eigenvalue weighted by molar-refractivity contribution is 7.07. The van der Waals surface area contributed by atoms with E-state index < -0.39 is 0 Å². The van der Waals surface area contributed by atoms with Crippen molar-refractivity contribution >= 4 is 11.3 Å². The van der Waals surface area contributed by atoms with Gasteiger partial charge in [-0.15, -0.1) is 11.3 Å². The van der Waals surface area contributed by atoms with Crippen LogP contribution in [0, 0.1) is 0 Å². The first-order valence-corrected chi connectivity index (χ1v) is 6.17. The molecule has 0 spiro atoms. The SMILES string of the molecule is CN1CCO[C@H](CNCc2cscn2)C1. The number of nitrogens with one attached hydrogen (secondary N) is 1. The molecule has 2 heterocycles. The maximum atomic E-state index is 5.65. The van der Waals surface area contributed by atoms with Gasteiger partial charge in [0.2, 0.25) is 0 Å². The van der Waals surface area contributed by atoms with Crippen LogP contribution in [0.4, 0.5) is 0 Å². The second-order valence-electron chi connectivity index (χ2n) is 3.87. The van der Waals surface area contributed by atoms with Gasteiger partial charge in [0.1, 0.15) is 0 Å².